The van der Waals surface area contributed by atoms with Crippen molar-refractivity contribution in [3.8, 4) is 0 Å². The van der Waals surface area contributed by atoms with Gasteiger partial charge in [-0.3, -0.25) is 9.69 Å². The summed E-state index contributed by atoms with van der Waals surface area (Å²) in [4.78, 5) is 26.9. The Labute approximate surface area is 178 Å². The lowest BCUT2D eigenvalue weighted by molar-refractivity contribution is -0.117. The number of hydrogen-bond acceptors (Lipinski definition) is 4. The predicted octanol–water partition coefficient (Wildman–Crippen LogP) is 4.69. The average Bonchev–Trinajstić information content (AvgIpc) is 3.30. The lowest BCUT2D eigenvalue weighted by atomic mass is 10.0. The molecule has 1 aromatic heterocycles. The fourth-order valence-corrected chi connectivity index (χ4v) is 5.22. The molecule has 0 unspecified atom stereocenters. The molecular formula is C23H23FN2O3S. The van der Waals surface area contributed by atoms with Crippen LogP contribution in [0, 0.1) is 12.7 Å². The minimum Gasteiger partial charge on any atom is -0.477 e. The van der Waals surface area contributed by atoms with Crippen LogP contribution in [0.4, 0.5) is 10.1 Å². The van der Waals surface area contributed by atoms with Crippen molar-refractivity contribution in [1.29, 1.82) is 0 Å². The van der Waals surface area contributed by atoms with Gasteiger partial charge in [0.2, 0.25) is 5.91 Å². The molecule has 0 saturated carbocycles. The molecule has 156 valence electrons. The van der Waals surface area contributed by atoms with Gasteiger partial charge in [-0.05, 0) is 67.4 Å². The molecule has 30 heavy (non-hydrogen) atoms. The van der Waals surface area contributed by atoms with Crippen LogP contribution in [0.2, 0.25) is 0 Å². The SMILES string of the molecule is Cc1ccc(F)cc1NC(=O)CN1CCC[C@@H]1Cc1c(C(=O)O)sc2ccccc12. The summed E-state index contributed by atoms with van der Waals surface area (Å²) in [5, 5.41) is 13.4. The van der Waals surface area contributed by atoms with Gasteiger partial charge in [-0.15, -0.1) is 11.3 Å². The second kappa shape index (κ2) is 8.53. The van der Waals surface area contributed by atoms with Gasteiger partial charge < -0.3 is 10.4 Å². The number of carbonyl (C=O) groups is 2. The van der Waals surface area contributed by atoms with E-state index in [0.29, 0.717) is 17.0 Å². The topological polar surface area (TPSA) is 69.6 Å². The summed E-state index contributed by atoms with van der Waals surface area (Å²) in [5.74, 6) is -1.49. The van der Waals surface area contributed by atoms with Crippen molar-refractivity contribution in [1.82, 2.24) is 4.90 Å². The fourth-order valence-electron chi connectivity index (χ4n) is 4.15. The number of thiophene rings is 1. The molecule has 1 amide bonds. The number of carboxylic acid groups (broad SMARTS) is 1. The van der Waals surface area contributed by atoms with Gasteiger partial charge in [-0.25, -0.2) is 9.18 Å². The van der Waals surface area contributed by atoms with Gasteiger partial charge in [0, 0.05) is 16.4 Å². The van der Waals surface area contributed by atoms with E-state index in [1.54, 1.807) is 6.07 Å². The Morgan fingerprint density at radius 3 is 2.87 bits per heavy atom. The van der Waals surface area contributed by atoms with Gasteiger partial charge >= 0.3 is 5.97 Å². The van der Waals surface area contributed by atoms with Crippen molar-refractivity contribution >= 4 is 39.0 Å². The molecule has 2 heterocycles. The molecule has 1 atom stereocenters. The third-order valence-electron chi connectivity index (χ3n) is 5.65. The maximum absolute atomic E-state index is 13.5. The van der Waals surface area contributed by atoms with Crippen LogP contribution in [0.3, 0.4) is 0 Å². The van der Waals surface area contributed by atoms with Crippen molar-refractivity contribution < 1.29 is 19.1 Å². The minimum atomic E-state index is -0.907. The standard InChI is InChI=1S/C23H23FN2O3S/c1-14-8-9-15(24)11-19(14)25-21(27)13-26-10-4-5-16(26)12-18-17-6-2-3-7-20(17)30-22(18)23(28)29/h2-3,6-9,11,16H,4-5,10,12-13H2,1H3,(H,25,27)(H,28,29)/t16-/m1/s1. The summed E-state index contributed by atoms with van der Waals surface area (Å²) in [6, 6.07) is 12.2. The number of anilines is 1. The Hall–Kier alpha value is -2.77. The van der Waals surface area contributed by atoms with Crippen LogP contribution in [-0.4, -0.2) is 41.0 Å². The maximum Gasteiger partial charge on any atom is 0.346 e. The molecule has 1 fully saturated rings. The summed E-state index contributed by atoms with van der Waals surface area (Å²) < 4.78 is 14.5. The number of rotatable bonds is 6. The molecule has 0 bridgehead atoms. The Balaban J connectivity index is 1.50. The molecule has 1 aliphatic rings. The van der Waals surface area contributed by atoms with Crippen LogP contribution >= 0.6 is 11.3 Å². The van der Waals surface area contributed by atoms with Crippen LogP contribution in [0.1, 0.15) is 33.6 Å². The first kappa shape index (κ1) is 20.5. The molecule has 4 rings (SSSR count). The molecular weight excluding hydrogens is 403 g/mol. The van der Waals surface area contributed by atoms with Crippen LogP contribution < -0.4 is 5.32 Å². The molecule has 1 saturated heterocycles. The maximum atomic E-state index is 13.5. The van der Waals surface area contributed by atoms with Gasteiger partial charge in [0.1, 0.15) is 10.7 Å². The minimum absolute atomic E-state index is 0.0977. The molecule has 2 aromatic carbocycles. The van der Waals surface area contributed by atoms with E-state index in [0.717, 1.165) is 40.6 Å². The Morgan fingerprint density at radius 2 is 2.07 bits per heavy atom. The van der Waals surface area contributed by atoms with Crippen LogP contribution in [-0.2, 0) is 11.2 Å². The molecule has 0 spiro atoms. The van der Waals surface area contributed by atoms with Gasteiger partial charge in [-0.1, -0.05) is 24.3 Å². The third kappa shape index (κ3) is 4.22. The molecule has 2 N–H and O–H groups in total. The Kier molecular flexibility index (Phi) is 5.83. The quantitative estimate of drug-likeness (QED) is 0.600. The van der Waals surface area contributed by atoms with E-state index in [1.807, 2.05) is 31.2 Å². The van der Waals surface area contributed by atoms with E-state index in [4.69, 9.17) is 0 Å². The van der Waals surface area contributed by atoms with E-state index >= 15 is 0 Å². The predicted molar refractivity (Wildman–Crippen MR) is 117 cm³/mol. The van der Waals surface area contributed by atoms with Crippen molar-refractivity contribution in [2.75, 3.05) is 18.4 Å². The van der Waals surface area contributed by atoms with Crippen LogP contribution in [0.25, 0.3) is 10.1 Å². The normalized spacial score (nSPS) is 16.8. The Morgan fingerprint density at radius 1 is 1.27 bits per heavy atom. The summed E-state index contributed by atoms with van der Waals surface area (Å²) in [5.41, 5.74) is 2.13. The number of nitrogens with one attached hydrogen (secondary N) is 1. The number of amides is 1. The average molecular weight is 427 g/mol. The first-order chi connectivity index (χ1) is 14.4. The number of likely N-dealkylation sites (tertiary alicyclic amines) is 1. The second-order valence-electron chi connectivity index (χ2n) is 7.69. The number of benzene rings is 2. The zero-order chi connectivity index (χ0) is 21.3. The molecule has 1 aliphatic heterocycles. The van der Waals surface area contributed by atoms with Crippen molar-refractivity contribution in [2.24, 2.45) is 0 Å². The fraction of sp³-hybridized carbons (Fsp3) is 0.304. The number of nitrogens with zero attached hydrogens (tertiary/aromatic N) is 1. The highest BCUT2D eigenvalue weighted by Gasteiger charge is 2.29. The van der Waals surface area contributed by atoms with Gasteiger partial charge in [-0.2, -0.15) is 0 Å². The number of carboxylic acids is 1. The van der Waals surface area contributed by atoms with Crippen molar-refractivity contribution in [3.05, 3.63) is 64.3 Å². The summed E-state index contributed by atoms with van der Waals surface area (Å²) >= 11 is 1.30. The lowest BCUT2D eigenvalue weighted by Crippen LogP contribution is -2.38. The van der Waals surface area contributed by atoms with E-state index in [1.165, 1.54) is 23.5 Å². The monoisotopic (exact) mass is 426 g/mol. The number of fused-ring (bicyclic) bond motifs is 1. The van der Waals surface area contributed by atoms with Crippen LogP contribution in [0.15, 0.2) is 42.5 Å². The highest BCUT2D eigenvalue weighted by molar-refractivity contribution is 7.21. The molecule has 0 radical (unpaired) electrons. The van der Waals surface area contributed by atoms with Crippen molar-refractivity contribution in [2.45, 2.75) is 32.2 Å². The van der Waals surface area contributed by atoms with E-state index in [9.17, 15) is 19.1 Å². The molecule has 5 nitrogen and oxygen atoms in total. The number of aryl methyl sites for hydroxylation is 1. The first-order valence-corrected chi connectivity index (χ1v) is 10.8. The lowest BCUT2D eigenvalue weighted by Gasteiger charge is -2.24. The largest absolute Gasteiger partial charge is 0.477 e. The Bertz CT molecular complexity index is 1110. The smallest absolute Gasteiger partial charge is 0.346 e. The van der Waals surface area contributed by atoms with E-state index in [-0.39, 0.29) is 24.3 Å². The zero-order valence-electron chi connectivity index (χ0n) is 16.7. The first-order valence-electron chi connectivity index (χ1n) is 9.96. The van der Waals surface area contributed by atoms with Crippen LogP contribution in [0.5, 0.6) is 0 Å². The second-order valence-corrected chi connectivity index (χ2v) is 8.74. The zero-order valence-corrected chi connectivity index (χ0v) is 17.5. The summed E-state index contributed by atoms with van der Waals surface area (Å²) in [6.45, 7) is 2.80. The van der Waals surface area contributed by atoms with Gasteiger partial charge in [0.05, 0.1) is 6.54 Å². The van der Waals surface area contributed by atoms with Crippen molar-refractivity contribution in [3.63, 3.8) is 0 Å². The number of halogens is 1. The van der Waals surface area contributed by atoms with E-state index < -0.39 is 5.97 Å². The third-order valence-corrected chi connectivity index (χ3v) is 6.85. The number of aromatic carboxylic acids is 1. The number of hydrogen-bond donors (Lipinski definition) is 2. The molecule has 3 aromatic rings. The van der Waals surface area contributed by atoms with E-state index in [2.05, 4.69) is 10.2 Å². The highest BCUT2D eigenvalue weighted by atomic mass is 32.1. The van der Waals surface area contributed by atoms with Gasteiger partial charge in [0.25, 0.3) is 0 Å². The highest BCUT2D eigenvalue weighted by Crippen LogP contribution is 2.34. The molecule has 7 heteroatoms. The number of carbonyl (C=O) groups excluding carboxylic acids is 1. The summed E-state index contributed by atoms with van der Waals surface area (Å²) in [7, 11) is 0. The molecule has 0 aliphatic carbocycles. The summed E-state index contributed by atoms with van der Waals surface area (Å²) in [6.07, 6.45) is 2.47. The van der Waals surface area contributed by atoms with Gasteiger partial charge in [0.15, 0.2) is 0 Å².